The van der Waals surface area contributed by atoms with Gasteiger partial charge in [-0.25, -0.2) is 4.99 Å². The monoisotopic (exact) mass is 618 g/mol. The van der Waals surface area contributed by atoms with E-state index in [4.69, 9.17) is 4.99 Å². The maximum Gasteiger partial charge on any atom is 0.115 e. The van der Waals surface area contributed by atoms with Crippen molar-refractivity contribution in [2.24, 2.45) is 4.99 Å². The van der Waals surface area contributed by atoms with Crippen molar-refractivity contribution in [3.05, 3.63) is 119 Å². The van der Waals surface area contributed by atoms with Crippen LogP contribution in [0.5, 0.6) is 0 Å². The number of aryl methyl sites for hydroxylation is 1. The lowest BCUT2D eigenvalue weighted by molar-refractivity contribution is 0.589. The van der Waals surface area contributed by atoms with Gasteiger partial charge in [0, 0.05) is 32.7 Å². The molecule has 0 unspecified atom stereocenters. The number of anilines is 4. The van der Waals surface area contributed by atoms with Crippen LogP contribution in [0.3, 0.4) is 0 Å². The van der Waals surface area contributed by atoms with Crippen LogP contribution in [0.25, 0.3) is 0 Å². The molecule has 0 aromatic heterocycles. The third kappa shape index (κ3) is 8.49. The van der Waals surface area contributed by atoms with Crippen LogP contribution >= 0.6 is 0 Å². The maximum atomic E-state index is 5.30. The van der Waals surface area contributed by atoms with Crippen molar-refractivity contribution in [1.29, 1.82) is 0 Å². The predicted octanol–water partition coefficient (Wildman–Crippen LogP) is 9.63. The van der Waals surface area contributed by atoms with Gasteiger partial charge in [0.2, 0.25) is 0 Å². The van der Waals surface area contributed by atoms with Gasteiger partial charge in [0.25, 0.3) is 0 Å². The number of hydrogen-bond donors (Lipinski definition) is 2. The lowest BCUT2D eigenvalue weighted by Gasteiger charge is -2.31. The summed E-state index contributed by atoms with van der Waals surface area (Å²) < 4.78 is 0. The van der Waals surface area contributed by atoms with E-state index in [0.29, 0.717) is 0 Å². The van der Waals surface area contributed by atoms with E-state index in [-0.39, 0.29) is 0 Å². The third-order valence-corrected chi connectivity index (χ3v) is 7.96. The zero-order valence-corrected chi connectivity index (χ0v) is 29.1. The van der Waals surface area contributed by atoms with E-state index in [1.54, 1.807) is 0 Å². The molecule has 0 saturated carbocycles. The van der Waals surface area contributed by atoms with Crippen molar-refractivity contribution in [1.82, 2.24) is 5.32 Å². The molecule has 6 heteroatoms. The molecule has 3 aromatic carbocycles. The van der Waals surface area contributed by atoms with Gasteiger partial charge < -0.3 is 20.4 Å². The van der Waals surface area contributed by atoms with Crippen molar-refractivity contribution in [3.8, 4) is 0 Å². The molecule has 2 heterocycles. The second-order valence-electron chi connectivity index (χ2n) is 11.8. The molecule has 0 atom stereocenters. The van der Waals surface area contributed by atoms with Crippen LogP contribution in [0.2, 0.25) is 0 Å². The number of allylic oxidation sites excluding steroid dienone is 3. The molecule has 2 aliphatic heterocycles. The van der Waals surface area contributed by atoms with Crippen LogP contribution < -0.4 is 25.3 Å². The Morgan fingerprint density at radius 2 is 1.48 bits per heavy atom. The molecule has 1 saturated heterocycles. The highest BCUT2D eigenvalue weighted by Gasteiger charge is 2.32. The first-order valence-electron chi connectivity index (χ1n) is 17.1. The molecule has 5 rings (SSSR count). The molecular weight excluding hydrogens is 564 g/mol. The lowest BCUT2D eigenvalue weighted by Crippen LogP contribution is -2.43. The van der Waals surface area contributed by atoms with Crippen molar-refractivity contribution in [2.45, 2.75) is 74.3 Å². The molecule has 0 aliphatic carbocycles. The molecule has 244 valence electrons. The Morgan fingerprint density at radius 3 is 2.11 bits per heavy atom. The van der Waals surface area contributed by atoms with E-state index in [1.807, 2.05) is 0 Å². The fourth-order valence-corrected chi connectivity index (χ4v) is 5.85. The number of aliphatic imine (C=N–C) groups is 1. The van der Waals surface area contributed by atoms with Crippen molar-refractivity contribution < 1.29 is 0 Å². The number of nitrogens with zero attached hydrogens (tertiary/aromatic N) is 4. The number of rotatable bonds is 9. The SMILES string of the molecule is C/C=C(\N=C(C)N1/C(=C\CC)N(Cc2ccc(C)cc2)c2ccccc21)C(=CCC)Nc1ccccc1N1CCNCC1.CCC. The van der Waals surface area contributed by atoms with E-state index < -0.39 is 0 Å². The summed E-state index contributed by atoms with van der Waals surface area (Å²) in [5.74, 6) is 2.09. The van der Waals surface area contributed by atoms with Gasteiger partial charge in [-0.2, -0.15) is 0 Å². The largest absolute Gasteiger partial charge is 0.367 e. The van der Waals surface area contributed by atoms with Gasteiger partial charge in [0.05, 0.1) is 34.1 Å². The zero-order valence-electron chi connectivity index (χ0n) is 29.1. The van der Waals surface area contributed by atoms with Gasteiger partial charge in [-0.15, -0.1) is 0 Å². The van der Waals surface area contributed by atoms with Crippen LogP contribution in [-0.2, 0) is 6.54 Å². The Balaban J connectivity index is 0.00000154. The number of para-hydroxylation sites is 4. The quantitative estimate of drug-likeness (QED) is 0.142. The maximum absolute atomic E-state index is 5.30. The molecule has 6 nitrogen and oxygen atoms in total. The van der Waals surface area contributed by atoms with Crippen LogP contribution in [0.4, 0.5) is 22.7 Å². The predicted molar refractivity (Wildman–Crippen MR) is 201 cm³/mol. The van der Waals surface area contributed by atoms with Gasteiger partial charge in [-0.3, -0.25) is 4.90 Å². The molecule has 0 radical (unpaired) electrons. The third-order valence-electron chi connectivity index (χ3n) is 7.96. The molecule has 3 aromatic rings. The molecule has 0 amide bonds. The van der Waals surface area contributed by atoms with Gasteiger partial charge in [-0.05, 0) is 69.5 Å². The molecular formula is C40H54N6. The number of hydrogen-bond acceptors (Lipinski definition) is 5. The summed E-state index contributed by atoms with van der Waals surface area (Å²) >= 11 is 0. The zero-order chi connectivity index (χ0) is 32.9. The van der Waals surface area contributed by atoms with Crippen LogP contribution in [-0.4, -0.2) is 32.0 Å². The van der Waals surface area contributed by atoms with E-state index in [2.05, 4.69) is 165 Å². The van der Waals surface area contributed by atoms with E-state index >= 15 is 0 Å². The molecule has 1 fully saturated rings. The fraction of sp³-hybridized carbons (Fsp3) is 0.375. The van der Waals surface area contributed by atoms with Crippen LogP contribution in [0, 0.1) is 6.92 Å². The number of piperazine rings is 1. The summed E-state index contributed by atoms with van der Waals surface area (Å²) in [5.41, 5.74) is 9.22. The van der Waals surface area contributed by atoms with Crippen LogP contribution in [0.15, 0.2) is 113 Å². The van der Waals surface area contributed by atoms with Gasteiger partial charge in [-0.1, -0.05) is 100 Å². The first-order chi connectivity index (χ1) is 22.4. The Hall–Kier alpha value is -4.29. The molecule has 2 aliphatic rings. The minimum atomic E-state index is 0.800. The number of benzene rings is 3. The summed E-state index contributed by atoms with van der Waals surface area (Å²) in [6.45, 7) is 19.8. The topological polar surface area (TPSA) is 46.1 Å². The minimum absolute atomic E-state index is 0.800. The van der Waals surface area contributed by atoms with E-state index in [1.165, 1.54) is 28.9 Å². The average Bonchev–Trinajstić information content (AvgIpc) is 3.38. The Kier molecular flexibility index (Phi) is 13.1. The second-order valence-corrected chi connectivity index (χ2v) is 11.8. The highest BCUT2D eigenvalue weighted by Crippen LogP contribution is 2.43. The average molecular weight is 619 g/mol. The standard InChI is InChI=1S/C37H46N6.C3H8/c1-6-13-32(40-33-15-9-10-16-34(33)41-25-23-38-24-26-41)31(8-3)39-29(5)43-36-18-12-11-17-35(36)42(37(43)14-7-2)27-30-21-19-28(4)20-22-30;1-3-2/h8-22,38,40H,6-7,23-27H2,1-5H3;3H2,1-2H3/b31-8-,32-13?,37-14-,39-29?;. The first-order valence-corrected chi connectivity index (χ1v) is 17.1. The fourth-order valence-electron chi connectivity index (χ4n) is 5.85. The summed E-state index contributed by atoms with van der Waals surface area (Å²) in [4.78, 5) is 12.5. The minimum Gasteiger partial charge on any atom is -0.367 e. The second kappa shape index (κ2) is 17.4. The summed E-state index contributed by atoms with van der Waals surface area (Å²) in [7, 11) is 0. The number of nitrogens with one attached hydrogen (secondary N) is 2. The van der Waals surface area contributed by atoms with E-state index in [0.717, 1.165) is 80.0 Å². The Morgan fingerprint density at radius 1 is 0.848 bits per heavy atom. The summed E-state index contributed by atoms with van der Waals surface area (Å²) in [6.07, 6.45) is 9.75. The molecule has 2 N–H and O–H groups in total. The van der Waals surface area contributed by atoms with Crippen molar-refractivity contribution in [3.63, 3.8) is 0 Å². The first kappa shape index (κ1) is 34.6. The highest BCUT2D eigenvalue weighted by molar-refractivity contribution is 6.06. The number of fused-ring (bicyclic) bond motifs is 1. The van der Waals surface area contributed by atoms with Crippen molar-refractivity contribution >= 4 is 28.6 Å². The summed E-state index contributed by atoms with van der Waals surface area (Å²) in [6, 6.07) is 26.1. The smallest absolute Gasteiger partial charge is 0.115 e. The number of amidine groups is 1. The normalized spacial score (nSPS) is 16.4. The summed E-state index contributed by atoms with van der Waals surface area (Å²) in [5, 5.41) is 7.24. The molecule has 46 heavy (non-hydrogen) atoms. The Bertz CT molecular complexity index is 1530. The molecule has 0 bridgehead atoms. The highest BCUT2D eigenvalue weighted by atomic mass is 15.4. The van der Waals surface area contributed by atoms with E-state index in [9.17, 15) is 0 Å². The lowest BCUT2D eigenvalue weighted by atomic mass is 10.1. The van der Waals surface area contributed by atoms with Gasteiger partial charge in [0.1, 0.15) is 11.7 Å². The molecule has 0 spiro atoms. The van der Waals surface area contributed by atoms with Gasteiger partial charge in [0.15, 0.2) is 0 Å². The van der Waals surface area contributed by atoms with Gasteiger partial charge >= 0.3 is 0 Å². The Labute approximate surface area is 278 Å². The van der Waals surface area contributed by atoms with Crippen molar-refractivity contribution in [2.75, 3.05) is 46.2 Å². The van der Waals surface area contributed by atoms with Crippen LogP contribution in [0.1, 0.15) is 71.9 Å².